The van der Waals surface area contributed by atoms with Gasteiger partial charge in [0.1, 0.15) is 24.4 Å². The van der Waals surface area contributed by atoms with Crippen LogP contribution in [0.4, 0.5) is 0 Å². The van der Waals surface area contributed by atoms with Gasteiger partial charge in [0.05, 0.1) is 32.0 Å². The third-order valence-electron chi connectivity index (χ3n) is 16.1. The van der Waals surface area contributed by atoms with Crippen LogP contribution >= 0.6 is 0 Å². The molecule has 478 valence electrons. The number of aliphatic hydroxyl groups is 5. The Hall–Kier alpha value is -2.64. The van der Waals surface area contributed by atoms with Gasteiger partial charge in [-0.05, 0) is 89.9 Å². The second kappa shape index (κ2) is 60.1. The van der Waals surface area contributed by atoms with Gasteiger partial charge in [0.25, 0.3) is 0 Å². The van der Waals surface area contributed by atoms with Gasteiger partial charge in [0.2, 0.25) is 5.91 Å². The van der Waals surface area contributed by atoms with E-state index in [-0.39, 0.29) is 18.5 Å². The summed E-state index contributed by atoms with van der Waals surface area (Å²) < 4.78 is 16.7. The van der Waals surface area contributed by atoms with Crippen LogP contribution in [0.15, 0.2) is 60.8 Å². The third kappa shape index (κ3) is 48.6. The van der Waals surface area contributed by atoms with Crippen LogP contribution in [0.1, 0.15) is 316 Å². The predicted molar refractivity (Wildman–Crippen MR) is 343 cm³/mol. The number of rotatable bonds is 60. The first kappa shape index (κ1) is 77.4. The van der Waals surface area contributed by atoms with Crippen molar-refractivity contribution in [1.82, 2.24) is 5.32 Å². The van der Waals surface area contributed by atoms with Crippen molar-refractivity contribution in [2.24, 2.45) is 0 Å². The lowest BCUT2D eigenvalue weighted by atomic mass is 9.99. The largest absolute Gasteiger partial charge is 0.466 e. The highest BCUT2D eigenvalue weighted by Gasteiger charge is 2.44. The summed E-state index contributed by atoms with van der Waals surface area (Å²) in [5.41, 5.74) is 0. The standard InChI is InChI=1S/C71H129NO10/c1-3-5-7-9-11-13-15-35-39-43-47-51-55-59-67(76)80-60-56-52-48-44-40-37-34-32-30-28-26-24-22-20-18-16-17-19-21-23-25-27-29-31-33-36-38-42-46-50-54-58-66(75)72-63(62-81-71-70(79)69(78)68(77)65(61-73)82-71)64(74)57-53-49-45-41-14-12-10-8-6-4-2/h7,9,13,15,18,20,24,26,53,57,63-65,68-71,73-74,77-79H,3-6,8,10-12,14,16-17,19,21-23,25,27-52,54-56,58-62H2,1-2H3,(H,72,75)/b9-7-,15-13-,20-18-,26-24-,57-53+. The van der Waals surface area contributed by atoms with E-state index in [1.54, 1.807) is 6.08 Å². The second-order valence-corrected chi connectivity index (χ2v) is 23.9. The lowest BCUT2D eigenvalue weighted by molar-refractivity contribution is -0.302. The first-order chi connectivity index (χ1) is 40.2. The minimum Gasteiger partial charge on any atom is -0.466 e. The van der Waals surface area contributed by atoms with Gasteiger partial charge < -0.3 is 45.1 Å². The van der Waals surface area contributed by atoms with Crippen LogP contribution in [0.5, 0.6) is 0 Å². The van der Waals surface area contributed by atoms with E-state index in [4.69, 9.17) is 14.2 Å². The molecule has 6 N–H and O–H groups in total. The number of esters is 1. The average molecular weight is 1160 g/mol. The van der Waals surface area contributed by atoms with Crippen molar-refractivity contribution in [3.63, 3.8) is 0 Å². The fourth-order valence-electron chi connectivity index (χ4n) is 10.6. The van der Waals surface area contributed by atoms with E-state index in [1.807, 2.05) is 6.08 Å². The van der Waals surface area contributed by atoms with Gasteiger partial charge in [-0.15, -0.1) is 0 Å². The molecule has 7 atom stereocenters. The molecule has 0 bridgehead atoms. The van der Waals surface area contributed by atoms with Crippen LogP contribution in [0.2, 0.25) is 0 Å². The van der Waals surface area contributed by atoms with E-state index in [2.05, 4.69) is 67.8 Å². The Balaban J connectivity index is 1.95. The van der Waals surface area contributed by atoms with Crippen molar-refractivity contribution in [2.45, 2.75) is 358 Å². The summed E-state index contributed by atoms with van der Waals surface area (Å²) in [5, 5.41) is 54.3. The van der Waals surface area contributed by atoms with E-state index >= 15 is 0 Å². The summed E-state index contributed by atoms with van der Waals surface area (Å²) in [6.45, 7) is 4.27. The molecule has 1 fully saturated rings. The Labute approximate surface area is 503 Å². The molecular formula is C71H129NO10. The third-order valence-corrected chi connectivity index (χ3v) is 16.1. The fraction of sp³-hybridized carbons (Fsp3) is 0.831. The van der Waals surface area contributed by atoms with Crippen molar-refractivity contribution < 1.29 is 49.3 Å². The molecule has 11 nitrogen and oxygen atoms in total. The van der Waals surface area contributed by atoms with Gasteiger partial charge >= 0.3 is 5.97 Å². The van der Waals surface area contributed by atoms with Crippen molar-refractivity contribution >= 4 is 11.9 Å². The molecular weight excluding hydrogens is 1030 g/mol. The number of allylic oxidation sites excluding steroid dienone is 9. The number of aliphatic hydroxyl groups excluding tert-OH is 5. The highest BCUT2D eigenvalue weighted by atomic mass is 16.7. The molecule has 0 radical (unpaired) electrons. The number of hydrogen-bond acceptors (Lipinski definition) is 10. The number of hydrogen-bond donors (Lipinski definition) is 6. The molecule has 1 rings (SSSR count). The Bertz CT molecular complexity index is 1550. The van der Waals surface area contributed by atoms with Gasteiger partial charge in [-0.1, -0.05) is 274 Å². The Morgan fingerprint density at radius 1 is 0.451 bits per heavy atom. The molecule has 82 heavy (non-hydrogen) atoms. The summed E-state index contributed by atoms with van der Waals surface area (Å²) in [6, 6.07) is -0.809. The molecule has 1 aliphatic rings. The SMILES string of the molecule is CCC/C=C\C/C=C\CCCCCCCC(=O)OCCCCCCCCCCC/C=C\C/C=C\CCCCCCCCCCCCCCCCCC(=O)NC(COC1OC(CO)C(O)C(O)C1O)C(O)/C=C/CCCCCCCCCC. The molecule has 0 aromatic carbocycles. The van der Waals surface area contributed by atoms with Crippen molar-refractivity contribution in [3.8, 4) is 0 Å². The minimum atomic E-state index is -1.57. The molecule has 0 spiro atoms. The zero-order valence-corrected chi connectivity index (χ0v) is 52.9. The van der Waals surface area contributed by atoms with Gasteiger partial charge in [-0.3, -0.25) is 9.59 Å². The molecule has 1 heterocycles. The Kier molecular flexibility index (Phi) is 56.7. The summed E-state index contributed by atoms with van der Waals surface area (Å²) in [4.78, 5) is 25.1. The fourth-order valence-corrected chi connectivity index (χ4v) is 10.6. The monoisotopic (exact) mass is 1160 g/mol. The van der Waals surface area contributed by atoms with Gasteiger partial charge in [-0.25, -0.2) is 0 Å². The Morgan fingerprint density at radius 2 is 0.841 bits per heavy atom. The Morgan fingerprint density at radius 3 is 1.28 bits per heavy atom. The molecule has 0 saturated carbocycles. The van der Waals surface area contributed by atoms with Gasteiger partial charge in [-0.2, -0.15) is 0 Å². The van der Waals surface area contributed by atoms with Gasteiger partial charge in [0, 0.05) is 12.8 Å². The van der Waals surface area contributed by atoms with E-state index in [1.165, 1.54) is 218 Å². The van der Waals surface area contributed by atoms with Crippen LogP contribution in [0, 0.1) is 0 Å². The van der Waals surface area contributed by atoms with Crippen LogP contribution in [0.25, 0.3) is 0 Å². The van der Waals surface area contributed by atoms with Gasteiger partial charge in [0.15, 0.2) is 6.29 Å². The number of carbonyl (C=O) groups is 2. The highest BCUT2D eigenvalue weighted by Crippen LogP contribution is 2.23. The normalized spacial score (nSPS) is 18.5. The first-order valence-corrected chi connectivity index (χ1v) is 34.6. The maximum Gasteiger partial charge on any atom is 0.305 e. The number of unbranched alkanes of at least 4 members (excludes halogenated alkanes) is 38. The van der Waals surface area contributed by atoms with Crippen LogP contribution in [-0.2, 0) is 23.8 Å². The number of nitrogens with one attached hydrogen (secondary N) is 1. The molecule has 0 aliphatic carbocycles. The summed E-state index contributed by atoms with van der Waals surface area (Å²) in [6.07, 6.45) is 69.3. The maximum absolute atomic E-state index is 13.0. The second-order valence-electron chi connectivity index (χ2n) is 23.9. The first-order valence-electron chi connectivity index (χ1n) is 34.6. The van der Waals surface area contributed by atoms with E-state index < -0.39 is 49.5 Å². The maximum atomic E-state index is 13.0. The summed E-state index contributed by atoms with van der Waals surface area (Å²) in [5.74, 6) is -0.193. The van der Waals surface area contributed by atoms with Crippen molar-refractivity contribution in [1.29, 1.82) is 0 Å². The molecule has 7 unspecified atom stereocenters. The highest BCUT2D eigenvalue weighted by molar-refractivity contribution is 5.76. The number of carbonyl (C=O) groups excluding carboxylic acids is 2. The number of ether oxygens (including phenoxy) is 3. The zero-order valence-electron chi connectivity index (χ0n) is 52.9. The smallest absolute Gasteiger partial charge is 0.305 e. The van der Waals surface area contributed by atoms with E-state index in [9.17, 15) is 35.1 Å². The molecule has 1 amide bonds. The van der Waals surface area contributed by atoms with Crippen molar-refractivity contribution in [3.05, 3.63) is 60.8 Å². The molecule has 1 saturated heterocycles. The number of amides is 1. The average Bonchev–Trinajstić information content (AvgIpc) is 3.55. The van der Waals surface area contributed by atoms with Crippen LogP contribution < -0.4 is 5.32 Å². The topological polar surface area (TPSA) is 175 Å². The predicted octanol–water partition coefficient (Wildman–Crippen LogP) is 17.3. The summed E-state index contributed by atoms with van der Waals surface area (Å²) in [7, 11) is 0. The molecule has 0 aromatic heterocycles. The minimum absolute atomic E-state index is 0.0106. The lowest BCUT2D eigenvalue weighted by Gasteiger charge is -2.40. The zero-order chi connectivity index (χ0) is 59.5. The molecule has 11 heteroatoms. The quantitative estimate of drug-likeness (QED) is 0.0195. The lowest BCUT2D eigenvalue weighted by Crippen LogP contribution is -2.60. The van der Waals surface area contributed by atoms with E-state index in [0.29, 0.717) is 19.4 Å². The van der Waals surface area contributed by atoms with Crippen LogP contribution in [0.3, 0.4) is 0 Å². The summed E-state index contributed by atoms with van der Waals surface area (Å²) >= 11 is 0. The van der Waals surface area contributed by atoms with Crippen molar-refractivity contribution in [2.75, 3.05) is 19.8 Å². The van der Waals surface area contributed by atoms with E-state index in [0.717, 1.165) is 70.6 Å². The molecule has 1 aliphatic heterocycles. The molecule has 0 aromatic rings. The van der Waals surface area contributed by atoms with Crippen LogP contribution in [-0.4, -0.2) is 100 Å².